The highest BCUT2D eigenvalue weighted by molar-refractivity contribution is 6.33. The number of piperidine rings is 2. The Morgan fingerprint density at radius 1 is 1.05 bits per heavy atom. The number of rotatable bonds is 6. The molecule has 7 nitrogen and oxygen atoms in total. The fourth-order valence-electron chi connectivity index (χ4n) is 5.59. The third kappa shape index (κ3) is 6.20. The Labute approximate surface area is 235 Å². The van der Waals surface area contributed by atoms with E-state index in [1.54, 1.807) is 26.4 Å². The van der Waals surface area contributed by atoms with E-state index in [2.05, 4.69) is 9.88 Å². The van der Waals surface area contributed by atoms with Crippen molar-refractivity contribution in [3.05, 3.63) is 58.6 Å². The summed E-state index contributed by atoms with van der Waals surface area (Å²) in [6, 6.07) is 5.21. The maximum absolute atomic E-state index is 13.9. The van der Waals surface area contributed by atoms with Crippen molar-refractivity contribution in [3.63, 3.8) is 0 Å². The molecule has 12 heteroatoms. The first-order chi connectivity index (χ1) is 18.8. The Morgan fingerprint density at radius 3 is 2.17 bits per heavy atom. The van der Waals surface area contributed by atoms with E-state index >= 15 is 0 Å². The minimum Gasteiger partial charge on any atom is -0.370 e. The monoisotopic (exact) mass is 584 g/mol. The van der Waals surface area contributed by atoms with Crippen LogP contribution in [-0.2, 0) is 10.4 Å². The Hall–Kier alpha value is -2.92. The molecule has 1 aromatic heterocycles. The molecule has 40 heavy (non-hydrogen) atoms. The number of nitrogens with zero attached hydrogens (tertiary/aromatic N) is 4. The third-order valence-electron chi connectivity index (χ3n) is 7.95. The van der Waals surface area contributed by atoms with Crippen molar-refractivity contribution in [2.45, 2.75) is 43.9 Å². The smallest absolute Gasteiger partial charge is 0.370 e. The molecule has 2 saturated heterocycles. The van der Waals surface area contributed by atoms with Gasteiger partial charge in [-0.05, 0) is 62.1 Å². The number of alkyl halides is 3. The topological polar surface area (TPSA) is 77.0 Å². The summed E-state index contributed by atoms with van der Waals surface area (Å²) in [6.45, 7) is 1.76. The van der Waals surface area contributed by atoms with Crippen molar-refractivity contribution in [2.24, 2.45) is 11.8 Å². The Bertz CT molecular complexity index is 1230. The first kappa shape index (κ1) is 30.0. The van der Waals surface area contributed by atoms with Crippen molar-refractivity contribution in [3.8, 4) is 0 Å². The summed E-state index contributed by atoms with van der Waals surface area (Å²) in [5.74, 6) is -2.02. The molecule has 0 bridgehead atoms. The lowest BCUT2D eigenvalue weighted by molar-refractivity contribution is -0.262. The Balaban J connectivity index is 1.30. The van der Waals surface area contributed by atoms with Gasteiger partial charge in [-0.1, -0.05) is 23.7 Å². The number of pyridine rings is 1. The molecule has 0 radical (unpaired) electrons. The molecular formula is C28H33ClF4N4O3. The summed E-state index contributed by atoms with van der Waals surface area (Å²) in [5, 5.41) is 10.9. The summed E-state index contributed by atoms with van der Waals surface area (Å²) in [7, 11) is 3.27. The van der Waals surface area contributed by atoms with E-state index < -0.39 is 29.1 Å². The molecule has 0 aliphatic carbocycles. The van der Waals surface area contributed by atoms with Gasteiger partial charge in [0.15, 0.2) is 0 Å². The number of aromatic nitrogens is 1. The van der Waals surface area contributed by atoms with Gasteiger partial charge in [-0.3, -0.25) is 9.59 Å². The van der Waals surface area contributed by atoms with E-state index in [1.807, 2.05) is 0 Å². The van der Waals surface area contributed by atoms with Gasteiger partial charge in [0, 0.05) is 45.8 Å². The minimum absolute atomic E-state index is 0.0955. The zero-order chi connectivity index (χ0) is 29.2. The number of anilines is 1. The Morgan fingerprint density at radius 2 is 1.65 bits per heavy atom. The van der Waals surface area contributed by atoms with Crippen LogP contribution >= 0.6 is 11.6 Å². The maximum Gasteiger partial charge on any atom is 0.430 e. The summed E-state index contributed by atoms with van der Waals surface area (Å²) in [5.41, 5.74) is -3.57. The summed E-state index contributed by atoms with van der Waals surface area (Å²) in [6.07, 6.45) is 0.157. The van der Waals surface area contributed by atoms with Gasteiger partial charge in [0.1, 0.15) is 11.5 Å². The van der Waals surface area contributed by atoms with Gasteiger partial charge in [0.2, 0.25) is 0 Å². The second kappa shape index (κ2) is 11.9. The molecule has 2 amide bonds. The molecule has 2 aromatic rings. The van der Waals surface area contributed by atoms with Crippen LogP contribution < -0.4 is 4.90 Å². The number of halogens is 5. The molecule has 4 rings (SSSR count). The standard InChI is InChI=1S/C28H33ClF4N4O3/c1-35(2)25(38)24-23(29)16-22(17-34-24)36-10-6-18(7-11-36)14-19-8-12-37(13-9-19)26(39)27(40,28(31,32)33)20-4-3-5-21(30)15-20/h3-5,15-19,40H,6-14H2,1-2H3. The molecule has 0 spiro atoms. The number of hydrogen-bond acceptors (Lipinski definition) is 5. The lowest BCUT2D eigenvalue weighted by Crippen LogP contribution is -2.57. The largest absolute Gasteiger partial charge is 0.430 e. The summed E-state index contributed by atoms with van der Waals surface area (Å²) < 4.78 is 55.4. The van der Waals surface area contributed by atoms with Gasteiger partial charge in [-0.15, -0.1) is 0 Å². The second-order valence-electron chi connectivity index (χ2n) is 10.8. The summed E-state index contributed by atoms with van der Waals surface area (Å²) >= 11 is 6.31. The van der Waals surface area contributed by atoms with Crippen molar-refractivity contribution < 1.29 is 32.3 Å². The van der Waals surface area contributed by atoms with E-state index in [4.69, 9.17) is 11.6 Å². The predicted octanol–water partition coefficient (Wildman–Crippen LogP) is 4.87. The number of likely N-dealkylation sites (tertiary alicyclic amines) is 1. The predicted molar refractivity (Wildman–Crippen MR) is 142 cm³/mol. The van der Waals surface area contributed by atoms with Crippen LogP contribution in [0.5, 0.6) is 0 Å². The molecule has 0 saturated carbocycles. The van der Waals surface area contributed by atoms with Gasteiger partial charge in [-0.2, -0.15) is 13.2 Å². The Kier molecular flexibility index (Phi) is 8.94. The molecule has 2 aliphatic heterocycles. The van der Waals surface area contributed by atoms with Crippen LogP contribution in [-0.4, -0.2) is 78.2 Å². The first-order valence-corrected chi connectivity index (χ1v) is 13.7. The van der Waals surface area contributed by atoms with E-state index in [0.717, 1.165) is 61.1 Å². The van der Waals surface area contributed by atoms with Crippen LogP contribution in [0, 0.1) is 17.7 Å². The van der Waals surface area contributed by atoms with Crippen LogP contribution in [0.3, 0.4) is 0 Å². The van der Waals surface area contributed by atoms with Gasteiger partial charge in [-0.25, -0.2) is 9.37 Å². The van der Waals surface area contributed by atoms with E-state index in [9.17, 15) is 32.3 Å². The number of benzene rings is 1. The van der Waals surface area contributed by atoms with E-state index in [-0.39, 0.29) is 30.6 Å². The number of carbonyl (C=O) groups excluding carboxylic acids is 2. The number of aliphatic hydroxyl groups is 1. The fraction of sp³-hybridized carbons (Fsp3) is 0.536. The SMILES string of the molecule is CN(C)C(=O)c1ncc(N2CCC(CC3CCN(C(=O)C(O)(c4cccc(F)c4)C(F)(F)F)CC3)CC2)cc1Cl. The molecule has 2 aliphatic rings. The minimum atomic E-state index is -5.30. The lowest BCUT2D eigenvalue weighted by atomic mass is 9.82. The van der Waals surface area contributed by atoms with Gasteiger partial charge in [0.25, 0.3) is 17.4 Å². The lowest BCUT2D eigenvalue weighted by Gasteiger charge is -2.40. The van der Waals surface area contributed by atoms with Crippen LogP contribution in [0.25, 0.3) is 0 Å². The highest BCUT2D eigenvalue weighted by Crippen LogP contribution is 2.42. The fourth-order valence-corrected chi connectivity index (χ4v) is 5.83. The molecular weight excluding hydrogens is 552 g/mol. The second-order valence-corrected chi connectivity index (χ2v) is 11.3. The average Bonchev–Trinajstić information content (AvgIpc) is 2.92. The van der Waals surface area contributed by atoms with Gasteiger partial charge >= 0.3 is 6.18 Å². The van der Waals surface area contributed by atoms with E-state index in [0.29, 0.717) is 29.8 Å². The van der Waals surface area contributed by atoms with Crippen molar-refractivity contribution >= 4 is 29.1 Å². The third-order valence-corrected chi connectivity index (χ3v) is 8.23. The molecule has 1 atom stereocenters. The maximum atomic E-state index is 13.9. The zero-order valence-corrected chi connectivity index (χ0v) is 23.2. The average molecular weight is 585 g/mol. The molecule has 2 fully saturated rings. The quantitative estimate of drug-likeness (QED) is 0.490. The van der Waals surface area contributed by atoms with E-state index in [1.165, 1.54) is 4.90 Å². The molecule has 218 valence electrons. The van der Waals surface area contributed by atoms with Crippen molar-refractivity contribution in [1.29, 1.82) is 0 Å². The van der Waals surface area contributed by atoms with Crippen LogP contribution in [0.1, 0.15) is 48.2 Å². The molecule has 1 unspecified atom stereocenters. The van der Waals surface area contributed by atoms with Crippen molar-refractivity contribution in [2.75, 3.05) is 45.2 Å². The van der Waals surface area contributed by atoms with Crippen molar-refractivity contribution in [1.82, 2.24) is 14.8 Å². The summed E-state index contributed by atoms with van der Waals surface area (Å²) in [4.78, 5) is 34.0. The highest BCUT2D eigenvalue weighted by atomic mass is 35.5. The van der Waals surface area contributed by atoms with Crippen LogP contribution in [0.15, 0.2) is 36.5 Å². The number of amides is 2. The first-order valence-electron chi connectivity index (χ1n) is 13.3. The van der Waals surface area contributed by atoms with Gasteiger partial charge in [0.05, 0.1) is 16.9 Å². The highest BCUT2D eigenvalue weighted by Gasteiger charge is 2.62. The van der Waals surface area contributed by atoms with Gasteiger partial charge < -0.3 is 19.8 Å². The van der Waals surface area contributed by atoms with Crippen LogP contribution in [0.4, 0.5) is 23.2 Å². The zero-order valence-electron chi connectivity index (χ0n) is 22.4. The number of hydrogen-bond donors (Lipinski definition) is 1. The molecule has 3 heterocycles. The normalized spacial score (nSPS) is 18.9. The molecule has 1 aromatic carbocycles. The molecule has 1 N–H and O–H groups in total. The number of carbonyl (C=O) groups is 2. The van der Waals surface area contributed by atoms with Crippen LogP contribution in [0.2, 0.25) is 5.02 Å².